The summed E-state index contributed by atoms with van der Waals surface area (Å²) in [6, 6.07) is 0. The first-order valence-corrected chi connectivity index (χ1v) is 8.73. The maximum absolute atomic E-state index is 12.8. The summed E-state index contributed by atoms with van der Waals surface area (Å²) in [7, 11) is 0. The highest BCUT2D eigenvalue weighted by Crippen LogP contribution is 2.56. The van der Waals surface area contributed by atoms with Crippen LogP contribution in [0.4, 0.5) is 0 Å². The van der Waals surface area contributed by atoms with E-state index >= 15 is 0 Å². The fourth-order valence-electron chi connectivity index (χ4n) is 3.07. The number of hydrogen-bond acceptors (Lipinski definition) is 1. The summed E-state index contributed by atoms with van der Waals surface area (Å²) in [6.45, 7) is 20.1. The molecule has 0 heterocycles. The number of allylic oxidation sites excluding steroid dienone is 2. The van der Waals surface area contributed by atoms with Gasteiger partial charge in [0, 0.05) is 17.5 Å². The van der Waals surface area contributed by atoms with Gasteiger partial charge in [-0.2, -0.15) is 0 Å². The van der Waals surface area contributed by atoms with Crippen LogP contribution in [-0.4, -0.2) is 22.9 Å². The van der Waals surface area contributed by atoms with Gasteiger partial charge in [0.15, 0.2) is 0 Å². The van der Waals surface area contributed by atoms with E-state index in [0.717, 1.165) is 13.0 Å². The van der Waals surface area contributed by atoms with Crippen LogP contribution in [0.1, 0.15) is 81.6 Å². The standard InChI is InChI=1S/C20H37NO/c1-15(2)11-10-12-20(9)13-16(20)14-21(19(6,7)8)17(22)18(3,4)5/h11,16H,10,12-14H2,1-9H3. The zero-order chi connectivity index (χ0) is 17.3. The lowest BCUT2D eigenvalue weighted by Crippen LogP contribution is -2.51. The molecule has 2 heteroatoms. The van der Waals surface area contributed by atoms with Crippen LogP contribution in [0.15, 0.2) is 11.6 Å². The third-order valence-corrected chi connectivity index (χ3v) is 4.91. The lowest BCUT2D eigenvalue weighted by Gasteiger charge is -2.40. The van der Waals surface area contributed by atoms with Gasteiger partial charge < -0.3 is 4.90 Å². The highest BCUT2D eigenvalue weighted by molar-refractivity contribution is 5.82. The Balaban J connectivity index is 2.70. The molecule has 1 saturated carbocycles. The van der Waals surface area contributed by atoms with Crippen molar-refractivity contribution < 1.29 is 4.79 Å². The Morgan fingerprint density at radius 1 is 1.18 bits per heavy atom. The van der Waals surface area contributed by atoms with E-state index in [0.29, 0.717) is 11.3 Å². The molecule has 0 bridgehead atoms. The van der Waals surface area contributed by atoms with Crippen molar-refractivity contribution >= 4 is 5.91 Å². The molecule has 0 saturated heterocycles. The van der Waals surface area contributed by atoms with Gasteiger partial charge in [-0.15, -0.1) is 0 Å². The topological polar surface area (TPSA) is 20.3 Å². The lowest BCUT2D eigenvalue weighted by atomic mass is 9.90. The Labute approximate surface area is 138 Å². The minimum absolute atomic E-state index is 0.103. The molecular weight excluding hydrogens is 270 g/mol. The second-order valence-corrected chi connectivity index (χ2v) is 9.71. The first kappa shape index (κ1) is 19.3. The summed E-state index contributed by atoms with van der Waals surface area (Å²) in [5.41, 5.74) is 1.42. The van der Waals surface area contributed by atoms with E-state index in [1.807, 2.05) is 20.8 Å². The molecule has 2 atom stereocenters. The zero-order valence-corrected chi connectivity index (χ0v) is 16.3. The van der Waals surface area contributed by atoms with Crippen molar-refractivity contribution in [1.29, 1.82) is 0 Å². The molecule has 128 valence electrons. The van der Waals surface area contributed by atoms with Crippen LogP contribution in [-0.2, 0) is 4.79 Å². The van der Waals surface area contributed by atoms with Gasteiger partial charge in [-0.1, -0.05) is 39.3 Å². The summed E-state index contributed by atoms with van der Waals surface area (Å²) in [6.07, 6.45) is 6.00. The molecule has 1 aliphatic rings. The van der Waals surface area contributed by atoms with Crippen LogP contribution in [0.25, 0.3) is 0 Å². The number of nitrogens with zero attached hydrogens (tertiary/aromatic N) is 1. The zero-order valence-electron chi connectivity index (χ0n) is 16.3. The van der Waals surface area contributed by atoms with Crippen LogP contribution in [0.2, 0.25) is 0 Å². The van der Waals surface area contributed by atoms with Gasteiger partial charge >= 0.3 is 0 Å². The van der Waals surface area contributed by atoms with E-state index in [2.05, 4.69) is 52.5 Å². The van der Waals surface area contributed by atoms with Crippen molar-refractivity contribution in [3.63, 3.8) is 0 Å². The smallest absolute Gasteiger partial charge is 0.228 e. The van der Waals surface area contributed by atoms with Gasteiger partial charge in [0.1, 0.15) is 0 Å². The number of carbonyl (C=O) groups is 1. The molecule has 0 aliphatic heterocycles. The monoisotopic (exact) mass is 307 g/mol. The summed E-state index contributed by atoms with van der Waals surface area (Å²) >= 11 is 0. The Morgan fingerprint density at radius 2 is 1.73 bits per heavy atom. The fraction of sp³-hybridized carbons (Fsp3) is 0.850. The Bertz CT molecular complexity index is 432. The average Bonchev–Trinajstić information content (AvgIpc) is 2.92. The van der Waals surface area contributed by atoms with E-state index in [-0.39, 0.29) is 16.9 Å². The summed E-state index contributed by atoms with van der Waals surface area (Å²) < 4.78 is 0. The van der Waals surface area contributed by atoms with E-state index < -0.39 is 0 Å². The predicted octanol–water partition coefficient (Wildman–Crippen LogP) is 5.43. The largest absolute Gasteiger partial charge is 0.337 e. The van der Waals surface area contributed by atoms with E-state index in [4.69, 9.17) is 0 Å². The van der Waals surface area contributed by atoms with Crippen molar-refractivity contribution in [3.8, 4) is 0 Å². The number of rotatable bonds is 5. The van der Waals surface area contributed by atoms with Crippen molar-refractivity contribution in [2.45, 2.75) is 87.1 Å². The SMILES string of the molecule is CC(C)=CCCC1(C)CC1CN(C(=O)C(C)(C)C)C(C)(C)C. The molecule has 2 unspecified atom stereocenters. The predicted molar refractivity (Wildman–Crippen MR) is 95.8 cm³/mol. The third-order valence-electron chi connectivity index (χ3n) is 4.91. The number of hydrogen-bond donors (Lipinski definition) is 0. The van der Waals surface area contributed by atoms with Gasteiger partial charge in [-0.05, 0) is 65.2 Å². The van der Waals surface area contributed by atoms with Crippen LogP contribution < -0.4 is 0 Å². The molecular formula is C20H37NO. The number of amides is 1. The second-order valence-electron chi connectivity index (χ2n) is 9.71. The lowest BCUT2D eigenvalue weighted by molar-refractivity contribution is -0.145. The van der Waals surface area contributed by atoms with Gasteiger partial charge in [0.2, 0.25) is 5.91 Å². The van der Waals surface area contributed by atoms with Crippen molar-refractivity contribution in [2.24, 2.45) is 16.7 Å². The van der Waals surface area contributed by atoms with Crippen LogP contribution in [0, 0.1) is 16.7 Å². The highest BCUT2D eigenvalue weighted by Gasteiger charge is 2.51. The molecule has 0 aromatic heterocycles. The highest BCUT2D eigenvalue weighted by atomic mass is 16.2. The molecule has 1 amide bonds. The first-order chi connectivity index (χ1) is 9.77. The second kappa shape index (κ2) is 6.37. The van der Waals surface area contributed by atoms with E-state index in [1.54, 1.807) is 0 Å². The fourth-order valence-corrected chi connectivity index (χ4v) is 3.07. The normalized spacial score (nSPS) is 24.9. The first-order valence-electron chi connectivity index (χ1n) is 8.73. The van der Waals surface area contributed by atoms with Gasteiger partial charge in [0.05, 0.1) is 0 Å². The summed E-state index contributed by atoms with van der Waals surface area (Å²) in [5, 5.41) is 0. The number of carbonyl (C=O) groups excluding carboxylic acids is 1. The molecule has 0 radical (unpaired) electrons. The maximum Gasteiger partial charge on any atom is 0.228 e. The van der Waals surface area contributed by atoms with Crippen LogP contribution in [0.3, 0.4) is 0 Å². The molecule has 1 fully saturated rings. The van der Waals surface area contributed by atoms with Gasteiger partial charge in [-0.25, -0.2) is 0 Å². The molecule has 2 nitrogen and oxygen atoms in total. The Kier molecular flexibility index (Phi) is 5.58. The molecule has 1 aliphatic carbocycles. The molecule has 22 heavy (non-hydrogen) atoms. The van der Waals surface area contributed by atoms with Crippen LogP contribution in [0.5, 0.6) is 0 Å². The average molecular weight is 308 g/mol. The summed E-state index contributed by atoms with van der Waals surface area (Å²) in [5.74, 6) is 0.933. The molecule has 1 rings (SSSR count). The van der Waals surface area contributed by atoms with Crippen molar-refractivity contribution in [2.75, 3.05) is 6.54 Å². The molecule has 0 spiro atoms. The quantitative estimate of drug-likeness (QED) is 0.620. The minimum atomic E-state index is -0.305. The Hall–Kier alpha value is -0.790. The minimum Gasteiger partial charge on any atom is -0.337 e. The molecule has 0 aromatic carbocycles. The molecule has 0 aromatic rings. The van der Waals surface area contributed by atoms with E-state index in [1.165, 1.54) is 18.4 Å². The van der Waals surface area contributed by atoms with Crippen molar-refractivity contribution in [3.05, 3.63) is 11.6 Å². The van der Waals surface area contributed by atoms with Crippen LogP contribution >= 0.6 is 0 Å². The summed E-state index contributed by atoms with van der Waals surface area (Å²) in [4.78, 5) is 14.9. The van der Waals surface area contributed by atoms with Crippen molar-refractivity contribution in [1.82, 2.24) is 4.90 Å². The third kappa shape index (κ3) is 5.14. The van der Waals surface area contributed by atoms with Gasteiger partial charge in [-0.3, -0.25) is 4.79 Å². The maximum atomic E-state index is 12.8. The van der Waals surface area contributed by atoms with Gasteiger partial charge in [0.25, 0.3) is 0 Å². The molecule has 0 N–H and O–H groups in total. The van der Waals surface area contributed by atoms with E-state index in [9.17, 15) is 4.79 Å². The Morgan fingerprint density at radius 3 is 2.14 bits per heavy atom.